The third kappa shape index (κ3) is 2.64. The van der Waals surface area contributed by atoms with Crippen LogP contribution in [0.4, 0.5) is 0 Å². The van der Waals surface area contributed by atoms with Gasteiger partial charge in [0.05, 0.1) is 5.52 Å². The third-order valence-electron chi connectivity index (χ3n) is 2.90. The summed E-state index contributed by atoms with van der Waals surface area (Å²) in [5, 5.41) is 1.14. The molecule has 2 nitrogen and oxygen atoms in total. The highest BCUT2D eigenvalue weighted by Gasteiger charge is 2.09. The molecule has 1 aromatic carbocycles. The van der Waals surface area contributed by atoms with Crippen molar-refractivity contribution in [3.8, 4) is 12.3 Å². The van der Waals surface area contributed by atoms with E-state index in [1.165, 1.54) is 0 Å². The van der Waals surface area contributed by atoms with Gasteiger partial charge in [0.15, 0.2) is 0 Å². The maximum atomic E-state index is 6.19. The van der Waals surface area contributed by atoms with Crippen LogP contribution in [0, 0.1) is 12.3 Å². The number of fused-ring (bicyclic) bond motifs is 1. The van der Waals surface area contributed by atoms with E-state index in [0.29, 0.717) is 0 Å². The first kappa shape index (κ1) is 11.6. The third-order valence-corrected chi connectivity index (χ3v) is 2.90. The van der Waals surface area contributed by atoms with Crippen LogP contribution < -0.4 is 5.73 Å². The Morgan fingerprint density at radius 2 is 2.12 bits per heavy atom. The van der Waals surface area contributed by atoms with Crippen molar-refractivity contribution in [2.75, 3.05) is 0 Å². The topological polar surface area (TPSA) is 38.9 Å². The molecule has 0 saturated carbocycles. The average molecular weight is 224 g/mol. The molecule has 0 aliphatic rings. The van der Waals surface area contributed by atoms with Crippen molar-refractivity contribution in [1.29, 1.82) is 0 Å². The summed E-state index contributed by atoms with van der Waals surface area (Å²) in [4.78, 5) is 4.41. The fourth-order valence-corrected chi connectivity index (χ4v) is 2.01. The van der Waals surface area contributed by atoms with Gasteiger partial charge in [-0.2, -0.15) is 0 Å². The molecule has 2 N–H and O–H groups in total. The first-order valence-electron chi connectivity index (χ1n) is 5.85. The van der Waals surface area contributed by atoms with Crippen LogP contribution in [-0.2, 0) is 0 Å². The summed E-state index contributed by atoms with van der Waals surface area (Å²) < 4.78 is 0. The van der Waals surface area contributed by atoms with Gasteiger partial charge >= 0.3 is 0 Å². The van der Waals surface area contributed by atoms with Crippen LogP contribution >= 0.6 is 0 Å². The van der Waals surface area contributed by atoms with Crippen molar-refractivity contribution in [2.24, 2.45) is 5.73 Å². The lowest BCUT2D eigenvalue weighted by atomic mass is 9.99. The number of terminal acetylenes is 1. The van der Waals surface area contributed by atoms with E-state index in [2.05, 4.69) is 29.1 Å². The van der Waals surface area contributed by atoms with Gasteiger partial charge in [0.2, 0.25) is 0 Å². The number of pyridine rings is 1. The lowest BCUT2D eigenvalue weighted by Gasteiger charge is -2.13. The zero-order valence-electron chi connectivity index (χ0n) is 9.76. The van der Waals surface area contributed by atoms with Gasteiger partial charge in [-0.3, -0.25) is 4.98 Å². The molecular formula is C15H16N2. The average Bonchev–Trinajstić information content (AvgIpc) is 2.38. The van der Waals surface area contributed by atoms with Gasteiger partial charge in [0, 0.05) is 24.0 Å². The SMILES string of the molecule is C#CCCCC(N)c1cccc2cccnc12. The molecule has 0 amide bonds. The number of para-hydroxylation sites is 1. The number of hydrogen-bond acceptors (Lipinski definition) is 2. The van der Waals surface area contributed by atoms with E-state index in [9.17, 15) is 0 Å². The van der Waals surface area contributed by atoms with Crippen LogP contribution in [0.5, 0.6) is 0 Å². The number of benzene rings is 1. The highest BCUT2D eigenvalue weighted by molar-refractivity contribution is 5.81. The van der Waals surface area contributed by atoms with Crippen molar-refractivity contribution >= 4 is 10.9 Å². The van der Waals surface area contributed by atoms with Crippen LogP contribution in [0.3, 0.4) is 0 Å². The minimum absolute atomic E-state index is 0.0157. The molecule has 1 unspecified atom stereocenters. The molecule has 1 aromatic heterocycles. The maximum absolute atomic E-state index is 6.19. The largest absolute Gasteiger partial charge is 0.324 e. The molecule has 2 heteroatoms. The van der Waals surface area contributed by atoms with Crippen molar-refractivity contribution in [3.05, 3.63) is 42.1 Å². The Balaban J connectivity index is 2.26. The van der Waals surface area contributed by atoms with Crippen LogP contribution in [-0.4, -0.2) is 4.98 Å². The molecule has 2 aromatic rings. The van der Waals surface area contributed by atoms with E-state index < -0.39 is 0 Å². The fraction of sp³-hybridized carbons (Fsp3) is 0.267. The molecular weight excluding hydrogens is 208 g/mol. The summed E-state index contributed by atoms with van der Waals surface area (Å²) in [5.74, 6) is 2.64. The predicted molar refractivity (Wildman–Crippen MR) is 71.4 cm³/mol. The molecule has 0 spiro atoms. The summed E-state index contributed by atoms with van der Waals surface area (Å²) >= 11 is 0. The molecule has 17 heavy (non-hydrogen) atoms. The number of nitrogens with two attached hydrogens (primary N) is 1. The number of unbranched alkanes of at least 4 members (excludes halogenated alkanes) is 1. The zero-order valence-corrected chi connectivity index (χ0v) is 9.76. The normalized spacial score (nSPS) is 12.2. The molecule has 0 fully saturated rings. The van der Waals surface area contributed by atoms with E-state index in [4.69, 9.17) is 12.2 Å². The van der Waals surface area contributed by atoms with E-state index in [1.54, 1.807) is 6.20 Å². The van der Waals surface area contributed by atoms with Crippen molar-refractivity contribution in [2.45, 2.75) is 25.3 Å². The number of nitrogens with zero attached hydrogens (tertiary/aromatic N) is 1. The molecule has 0 aliphatic carbocycles. The first-order chi connectivity index (χ1) is 8.33. The van der Waals surface area contributed by atoms with Crippen molar-refractivity contribution in [3.63, 3.8) is 0 Å². The number of rotatable bonds is 4. The molecule has 86 valence electrons. The molecule has 0 saturated heterocycles. The molecule has 1 heterocycles. The van der Waals surface area contributed by atoms with E-state index in [1.807, 2.05) is 12.1 Å². The standard InChI is InChI=1S/C15H16N2/c1-2-3-4-10-14(16)13-9-5-7-12-8-6-11-17-15(12)13/h1,5-9,11,14H,3-4,10,16H2. The van der Waals surface area contributed by atoms with E-state index in [-0.39, 0.29) is 6.04 Å². The molecule has 0 bridgehead atoms. The Hall–Kier alpha value is -1.85. The number of hydrogen-bond donors (Lipinski definition) is 1. The second kappa shape index (κ2) is 5.47. The maximum Gasteiger partial charge on any atom is 0.0749 e. The van der Waals surface area contributed by atoms with Crippen molar-refractivity contribution in [1.82, 2.24) is 4.98 Å². The summed E-state index contributed by atoms with van der Waals surface area (Å²) in [5.41, 5.74) is 8.31. The molecule has 0 radical (unpaired) electrons. The van der Waals surface area contributed by atoms with E-state index in [0.717, 1.165) is 35.7 Å². The predicted octanol–water partition coefficient (Wildman–Crippen LogP) is 3.04. The van der Waals surface area contributed by atoms with Crippen LogP contribution in [0.1, 0.15) is 30.9 Å². The van der Waals surface area contributed by atoms with Gasteiger partial charge in [-0.25, -0.2) is 0 Å². The summed E-state index contributed by atoms with van der Waals surface area (Å²) in [6.07, 6.45) is 9.69. The number of aromatic nitrogens is 1. The zero-order chi connectivity index (χ0) is 12.1. The van der Waals surface area contributed by atoms with Gasteiger partial charge in [-0.15, -0.1) is 12.3 Å². The second-order valence-electron chi connectivity index (χ2n) is 4.13. The summed E-state index contributed by atoms with van der Waals surface area (Å²) in [6, 6.07) is 10.1. The Kier molecular flexibility index (Phi) is 3.74. The van der Waals surface area contributed by atoms with Crippen LogP contribution in [0.15, 0.2) is 36.5 Å². The smallest absolute Gasteiger partial charge is 0.0749 e. The van der Waals surface area contributed by atoms with Crippen LogP contribution in [0.25, 0.3) is 10.9 Å². The summed E-state index contributed by atoms with van der Waals surface area (Å²) in [6.45, 7) is 0. The minimum Gasteiger partial charge on any atom is -0.324 e. The van der Waals surface area contributed by atoms with Gasteiger partial charge in [-0.1, -0.05) is 24.3 Å². The summed E-state index contributed by atoms with van der Waals surface area (Å²) in [7, 11) is 0. The first-order valence-corrected chi connectivity index (χ1v) is 5.85. The molecule has 1 atom stereocenters. The van der Waals surface area contributed by atoms with Gasteiger partial charge in [0.1, 0.15) is 0 Å². The Morgan fingerprint density at radius 1 is 1.29 bits per heavy atom. The highest BCUT2D eigenvalue weighted by Crippen LogP contribution is 2.23. The Morgan fingerprint density at radius 3 is 2.94 bits per heavy atom. The highest BCUT2D eigenvalue weighted by atomic mass is 14.7. The van der Waals surface area contributed by atoms with Gasteiger partial charge in [-0.05, 0) is 24.5 Å². The van der Waals surface area contributed by atoms with E-state index >= 15 is 0 Å². The van der Waals surface area contributed by atoms with Gasteiger partial charge in [0.25, 0.3) is 0 Å². The molecule has 0 aliphatic heterocycles. The Bertz CT molecular complexity index is 535. The lowest BCUT2D eigenvalue weighted by Crippen LogP contribution is -2.10. The Labute approximate surface area is 102 Å². The lowest BCUT2D eigenvalue weighted by molar-refractivity contribution is 0.624. The van der Waals surface area contributed by atoms with Crippen LogP contribution in [0.2, 0.25) is 0 Å². The quantitative estimate of drug-likeness (QED) is 0.640. The monoisotopic (exact) mass is 224 g/mol. The second-order valence-corrected chi connectivity index (χ2v) is 4.13. The molecule has 2 rings (SSSR count). The van der Waals surface area contributed by atoms with Gasteiger partial charge < -0.3 is 5.73 Å². The minimum atomic E-state index is 0.0157. The fourth-order valence-electron chi connectivity index (χ4n) is 2.01. The van der Waals surface area contributed by atoms with Crippen molar-refractivity contribution < 1.29 is 0 Å².